The predicted molar refractivity (Wildman–Crippen MR) is 77.8 cm³/mol. The SMILES string of the molecule is CC[C@H](NO)[C@H](NCCO[Si](C)(C)C)c1ccco1. The van der Waals surface area contributed by atoms with Crippen LogP contribution in [-0.2, 0) is 4.43 Å². The van der Waals surface area contributed by atoms with Crippen LogP contribution in [0, 0.1) is 0 Å². The van der Waals surface area contributed by atoms with Crippen LogP contribution in [0.2, 0.25) is 19.6 Å². The van der Waals surface area contributed by atoms with E-state index in [2.05, 4.69) is 30.4 Å². The quantitative estimate of drug-likeness (QED) is 0.370. The van der Waals surface area contributed by atoms with E-state index in [0.29, 0.717) is 6.61 Å². The molecule has 0 amide bonds. The van der Waals surface area contributed by atoms with E-state index in [0.717, 1.165) is 18.7 Å². The largest absolute Gasteiger partial charge is 0.468 e. The minimum atomic E-state index is -1.47. The second kappa shape index (κ2) is 7.81. The van der Waals surface area contributed by atoms with Crippen molar-refractivity contribution in [3.05, 3.63) is 24.2 Å². The van der Waals surface area contributed by atoms with Gasteiger partial charge in [0.2, 0.25) is 0 Å². The molecular formula is C13H26N2O3Si. The Bertz CT molecular complexity index is 334. The number of hydrogen-bond donors (Lipinski definition) is 3. The van der Waals surface area contributed by atoms with Crippen molar-refractivity contribution in [3.63, 3.8) is 0 Å². The lowest BCUT2D eigenvalue weighted by atomic mass is 10.0. The maximum absolute atomic E-state index is 9.22. The Kier molecular flexibility index (Phi) is 6.74. The van der Waals surface area contributed by atoms with Gasteiger partial charge >= 0.3 is 0 Å². The third-order valence-electron chi connectivity index (χ3n) is 2.86. The molecule has 0 unspecified atom stereocenters. The van der Waals surface area contributed by atoms with Crippen molar-refractivity contribution in [2.75, 3.05) is 13.2 Å². The number of nitrogens with one attached hydrogen (secondary N) is 2. The van der Waals surface area contributed by atoms with E-state index < -0.39 is 8.32 Å². The Hall–Kier alpha value is -0.663. The molecule has 0 aromatic carbocycles. The minimum Gasteiger partial charge on any atom is -0.468 e. The molecule has 0 aliphatic carbocycles. The van der Waals surface area contributed by atoms with Gasteiger partial charge in [0.1, 0.15) is 5.76 Å². The van der Waals surface area contributed by atoms with E-state index in [-0.39, 0.29) is 12.1 Å². The first-order chi connectivity index (χ1) is 8.98. The first-order valence-electron chi connectivity index (χ1n) is 6.78. The molecule has 110 valence electrons. The molecule has 0 aliphatic rings. The molecule has 0 spiro atoms. The average Bonchev–Trinajstić information content (AvgIpc) is 2.85. The fourth-order valence-corrected chi connectivity index (χ4v) is 2.60. The van der Waals surface area contributed by atoms with Crippen molar-refractivity contribution in [1.29, 1.82) is 0 Å². The molecule has 0 bridgehead atoms. The molecule has 0 saturated heterocycles. The van der Waals surface area contributed by atoms with Crippen LogP contribution < -0.4 is 10.8 Å². The van der Waals surface area contributed by atoms with Crippen LogP contribution >= 0.6 is 0 Å². The Morgan fingerprint density at radius 1 is 1.42 bits per heavy atom. The summed E-state index contributed by atoms with van der Waals surface area (Å²) in [6.45, 7) is 9.93. The van der Waals surface area contributed by atoms with Crippen LogP contribution in [-0.4, -0.2) is 32.7 Å². The third kappa shape index (κ3) is 5.88. The standard InChI is InChI=1S/C13H26N2O3Si/c1-5-11(15-16)13(12-7-6-9-17-12)14-8-10-18-19(2,3)4/h6-7,9,11,13-16H,5,8,10H2,1-4H3/t11-,13-/m0/s1. The van der Waals surface area contributed by atoms with Crippen molar-refractivity contribution >= 4 is 8.32 Å². The maximum Gasteiger partial charge on any atom is 0.183 e. The number of rotatable bonds is 9. The van der Waals surface area contributed by atoms with Gasteiger partial charge in [0, 0.05) is 13.2 Å². The molecule has 1 aromatic rings. The average molecular weight is 286 g/mol. The number of hydrogen-bond acceptors (Lipinski definition) is 5. The molecule has 1 aromatic heterocycles. The molecule has 5 nitrogen and oxygen atoms in total. The fourth-order valence-electron chi connectivity index (χ4n) is 1.88. The van der Waals surface area contributed by atoms with Gasteiger partial charge in [-0.1, -0.05) is 6.92 Å². The zero-order valence-corrected chi connectivity index (χ0v) is 13.3. The van der Waals surface area contributed by atoms with Gasteiger partial charge in [-0.25, -0.2) is 5.48 Å². The van der Waals surface area contributed by atoms with E-state index in [1.165, 1.54) is 0 Å². The number of hydroxylamine groups is 1. The molecule has 0 fully saturated rings. The lowest BCUT2D eigenvalue weighted by molar-refractivity contribution is 0.0973. The topological polar surface area (TPSA) is 66.7 Å². The summed E-state index contributed by atoms with van der Waals surface area (Å²) in [6.07, 6.45) is 2.44. The van der Waals surface area contributed by atoms with Gasteiger partial charge in [0.15, 0.2) is 8.32 Å². The van der Waals surface area contributed by atoms with E-state index in [4.69, 9.17) is 8.84 Å². The van der Waals surface area contributed by atoms with Crippen LogP contribution in [0.4, 0.5) is 0 Å². The first kappa shape index (κ1) is 16.4. The zero-order valence-electron chi connectivity index (χ0n) is 12.3. The van der Waals surface area contributed by atoms with Gasteiger partial charge in [-0.3, -0.25) is 0 Å². The van der Waals surface area contributed by atoms with Crippen molar-refractivity contribution in [1.82, 2.24) is 10.8 Å². The van der Waals surface area contributed by atoms with Crippen molar-refractivity contribution in [2.45, 2.75) is 45.1 Å². The molecule has 6 heteroatoms. The molecule has 3 N–H and O–H groups in total. The smallest absolute Gasteiger partial charge is 0.183 e. The highest BCUT2D eigenvalue weighted by Crippen LogP contribution is 2.19. The Balaban J connectivity index is 2.51. The summed E-state index contributed by atoms with van der Waals surface area (Å²) in [6, 6.07) is 3.62. The molecule has 0 aliphatic heterocycles. The summed E-state index contributed by atoms with van der Waals surface area (Å²) in [5, 5.41) is 12.6. The summed E-state index contributed by atoms with van der Waals surface area (Å²) >= 11 is 0. The lowest BCUT2D eigenvalue weighted by Gasteiger charge is -2.25. The zero-order chi connectivity index (χ0) is 14.3. The highest BCUT2D eigenvalue weighted by Gasteiger charge is 2.23. The van der Waals surface area contributed by atoms with Crippen LogP contribution in [0.1, 0.15) is 25.1 Å². The summed E-state index contributed by atoms with van der Waals surface area (Å²) in [5.41, 5.74) is 2.34. The van der Waals surface area contributed by atoms with Gasteiger partial charge in [-0.15, -0.1) is 0 Å². The molecule has 0 radical (unpaired) electrons. The van der Waals surface area contributed by atoms with Gasteiger partial charge in [-0.05, 0) is 38.2 Å². The van der Waals surface area contributed by atoms with Gasteiger partial charge in [-0.2, -0.15) is 0 Å². The minimum absolute atomic E-state index is 0.0600. The molecule has 1 heterocycles. The normalized spacial score (nSPS) is 15.4. The molecule has 1 rings (SSSR count). The lowest BCUT2D eigenvalue weighted by Crippen LogP contribution is -2.41. The van der Waals surface area contributed by atoms with E-state index in [1.54, 1.807) is 6.26 Å². The van der Waals surface area contributed by atoms with E-state index >= 15 is 0 Å². The second-order valence-electron chi connectivity index (χ2n) is 5.55. The second-order valence-corrected chi connectivity index (χ2v) is 10.1. The van der Waals surface area contributed by atoms with E-state index in [1.807, 2.05) is 19.1 Å². The number of furan rings is 1. The summed E-state index contributed by atoms with van der Waals surface area (Å²) in [4.78, 5) is 0. The van der Waals surface area contributed by atoms with Crippen molar-refractivity contribution < 1.29 is 14.1 Å². The molecule has 2 atom stereocenters. The van der Waals surface area contributed by atoms with Gasteiger partial charge in [0.25, 0.3) is 0 Å². The highest BCUT2D eigenvalue weighted by molar-refractivity contribution is 6.69. The van der Waals surface area contributed by atoms with Gasteiger partial charge in [0.05, 0.1) is 18.3 Å². The monoisotopic (exact) mass is 286 g/mol. The van der Waals surface area contributed by atoms with Crippen LogP contribution in [0.3, 0.4) is 0 Å². The Morgan fingerprint density at radius 3 is 2.63 bits per heavy atom. The Labute approximate surface area is 116 Å². The van der Waals surface area contributed by atoms with Gasteiger partial charge < -0.3 is 19.4 Å². The first-order valence-corrected chi connectivity index (χ1v) is 10.2. The Morgan fingerprint density at radius 2 is 2.16 bits per heavy atom. The summed E-state index contributed by atoms with van der Waals surface area (Å²) in [7, 11) is -1.47. The maximum atomic E-state index is 9.22. The molecular weight excluding hydrogens is 260 g/mol. The third-order valence-corrected chi connectivity index (χ3v) is 3.93. The van der Waals surface area contributed by atoms with E-state index in [9.17, 15) is 5.21 Å². The molecule has 19 heavy (non-hydrogen) atoms. The van der Waals surface area contributed by atoms with Crippen LogP contribution in [0.25, 0.3) is 0 Å². The van der Waals surface area contributed by atoms with Crippen LogP contribution in [0.5, 0.6) is 0 Å². The van der Waals surface area contributed by atoms with Crippen LogP contribution in [0.15, 0.2) is 22.8 Å². The molecule has 0 saturated carbocycles. The van der Waals surface area contributed by atoms with Crippen molar-refractivity contribution in [3.8, 4) is 0 Å². The fraction of sp³-hybridized carbons (Fsp3) is 0.692. The van der Waals surface area contributed by atoms with Crippen molar-refractivity contribution in [2.24, 2.45) is 0 Å². The summed E-state index contributed by atoms with van der Waals surface area (Å²) < 4.78 is 11.2. The summed E-state index contributed by atoms with van der Waals surface area (Å²) in [5.74, 6) is 0.821. The highest BCUT2D eigenvalue weighted by atomic mass is 28.4. The predicted octanol–water partition coefficient (Wildman–Crippen LogP) is 2.52.